The molecule has 0 aromatic carbocycles. The molecule has 1 aromatic rings. The number of hydrogen-bond acceptors (Lipinski definition) is 8. The topological polar surface area (TPSA) is 148 Å². The van der Waals surface area contributed by atoms with Crippen LogP contribution in [0.5, 0.6) is 0 Å². The Morgan fingerprint density at radius 2 is 2.14 bits per heavy atom. The van der Waals surface area contributed by atoms with E-state index in [0.29, 0.717) is 0 Å². The number of thiophene rings is 1. The van der Waals surface area contributed by atoms with Gasteiger partial charge in [-0.3, -0.25) is 14.5 Å². The van der Waals surface area contributed by atoms with Gasteiger partial charge in [0.15, 0.2) is 0 Å². The third kappa shape index (κ3) is 3.82. The fourth-order valence-electron chi connectivity index (χ4n) is 3.12. The highest BCUT2D eigenvalue weighted by Crippen LogP contribution is 2.47. The van der Waals surface area contributed by atoms with Gasteiger partial charge in [0.25, 0.3) is 11.6 Å². The van der Waals surface area contributed by atoms with Crippen LogP contribution in [0.1, 0.15) is 10.4 Å². The minimum atomic E-state index is -1.72. The number of ether oxygens (including phenoxy) is 2. The van der Waals surface area contributed by atoms with Crippen LogP contribution >= 0.6 is 23.1 Å². The number of aryl methyl sites for hydroxylation is 1. The number of methoxy groups -OCH3 is 1. The highest BCUT2D eigenvalue weighted by Gasteiger charge is 2.66. The first-order chi connectivity index (χ1) is 13.7. The van der Waals surface area contributed by atoms with Gasteiger partial charge in [-0.2, -0.15) is 0 Å². The van der Waals surface area contributed by atoms with Crippen LogP contribution in [0.2, 0.25) is 0 Å². The number of carbonyl (C=O) groups is 4. The molecule has 3 heterocycles. The molecule has 2 aliphatic heterocycles. The van der Waals surface area contributed by atoms with Gasteiger partial charge in [-0.25, -0.2) is 9.59 Å². The maximum atomic E-state index is 12.8. The number of hydrogen-bond donors (Lipinski definition) is 3. The van der Waals surface area contributed by atoms with E-state index in [-0.39, 0.29) is 18.7 Å². The third-order valence-electron chi connectivity index (χ3n) is 4.57. The van der Waals surface area contributed by atoms with E-state index in [9.17, 15) is 24.3 Å². The zero-order valence-electron chi connectivity index (χ0n) is 15.5. The van der Waals surface area contributed by atoms with E-state index in [4.69, 9.17) is 15.2 Å². The summed E-state index contributed by atoms with van der Waals surface area (Å²) in [5, 5.41) is 12.5. The molecule has 4 N–H and O–H groups in total. The zero-order chi connectivity index (χ0) is 21.3. The first kappa shape index (κ1) is 21.1. The minimum Gasteiger partial charge on any atom is -0.477 e. The van der Waals surface area contributed by atoms with E-state index in [0.717, 1.165) is 27.1 Å². The summed E-state index contributed by atoms with van der Waals surface area (Å²) in [6.45, 7) is 1.70. The van der Waals surface area contributed by atoms with Crippen LogP contribution in [0.3, 0.4) is 0 Å². The van der Waals surface area contributed by atoms with Gasteiger partial charge in [0.1, 0.15) is 17.7 Å². The standard InChI is InChI=1S/C17H19N3O7S2/c1-8-3-4-28-11(8)6-12(21)19-17(26-2)14(24)20-10(13(22)23)5-9(29-15(17)20)7-27-16(18)25/h3-5,9,15H,6-7H2,1-2H3,(H2,18,25)(H,19,21)(H,22,23)/t9?,15-,17+/m0/s1. The van der Waals surface area contributed by atoms with Crippen molar-refractivity contribution in [3.63, 3.8) is 0 Å². The van der Waals surface area contributed by atoms with Crippen molar-refractivity contribution in [1.29, 1.82) is 0 Å². The fourth-order valence-corrected chi connectivity index (χ4v) is 5.49. The Labute approximate surface area is 174 Å². The second kappa shape index (κ2) is 8.05. The predicted molar refractivity (Wildman–Crippen MR) is 104 cm³/mol. The zero-order valence-corrected chi connectivity index (χ0v) is 17.2. The van der Waals surface area contributed by atoms with Crippen molar-refractivity contribution in [3.8, 4) is 0 Å². The number of rotatable bonds is 7. The van der Waals surface area contributed by atoms with Gasteiger partial charge in [-0.1, -0.05) is 0 Å². The van der Waals surface area contributed by atoms with Gasteiger partial charge in [0.2, 0.25) is 5.91 Å². The Morgan fingerprint density at radius 3 is 2.69 bits per heavy atom. The molecule has 2 aliphatic rings. The molecule has 1 saturated heterocycles. The number of β-lactam (4-membered cyclic amide) rings is 1. The van der Waals surface area contributed by atoms with Crippen LogP contribution < -0.4 is 11.1 Å². The van der Waals surface area contributed by atoms with E-state index in [1.807, 2.05) is 18.4 Å². The van der Waals surface area contributed by atoms with Crippen LogP contribution in [0, 0.1) is 6.92 Å². The lowest BCUT2D eigenvalue weighted by molar-refractivity contribution is -0.192. The van der Waals surface area contributed by atoms with Gasteiger partial charge >= 0.3 is 12.1 Å². The molecule has 3 rings (SSSR count). The second-order valence-electron chi connectivity index (χ2n) is 6.38. The van der Waals surface area contributed by atoms with Crippen molar-refractivity contribution < 1.29 is 33.8 Å². The molecule has 0 radical (unpaired) electrons. The summed E-state index contributed by atoms with van der Waals surface area (Å²) in [6, 6.07) is 1.89. The molecule has 3 atom stereocenters. The van der Waals surface area contributed by atoms with Gasteiger partial charge in [-0.05, 0) is 30.0 Å². The Morgan fingerprint density at radius 1 is 1.41 bits per heavy atom. The van der Waals surface area contributed by atoms with E-state index >= 15 is 0 Å². The van der Waals surface area contributed by atoms with Gasteiger partial charge in [-0.15, -0.1) is 23.1 Å². The fraction of sp³-hybridized carbons (Fsp3) is 0.412. The van der Waals surface area contributed by atoms with Crippen LogP contribution in [-0.2, 0) is 30.3 Å². The van der Waals surface area contributed by atoms with E-state index in [1.54, 1.807) is 0 Å². The lowest BCUT2D eigenvalue weighted by Crippen LogP contribution is -2.81. The Balaban J connectivity index is 1.81. The highest BCUT2D eigenvalue weighted by molar-refractivity contribution is 8.00. The molecule has 1 aromatic heterocycles. The molecule has 0 aliphatic carbocycles. The minimum absolute atomic E-state index is 0.0646. The quantitative estimate of drug-likeness (QED) is 0.407. The normalized spacial score (nSPS) is 25.5. The molecule has 1 unspecified atom stereocenters. The summed E-state index contributed by atoms with van der Waals surface area (Å²) in [5.41, 5.74) is 3.95. The molecule has 0 bridgehead atoms. The number of nitrogens with two attached hydrogens (primary N) is 1. The van der Waals surface area contributed by atoms with Crippen LogP contribution in [0.4, 0.5) is 4.79 Å². The van der Waals surface area contributed by atoms with Crippen LogP contribution in [0.15, 0.2) is 23.2 Å². The number of amides is 3. The lowest BCUT2D eigenvalue weighted by atomic mass is 9.99. The first-order valence-electron chi connectivity index (χ1n) is 8.45. The van der Waals surface area contributed by atoms with Gasteiger partial charge in [0.05, 0.1) is 11.7 Å². The number of thioether (sulfide) groups is 1. The number of aliphatic carboxylic acids is 1. The average molecular weight is 441 g/mol. The third-order valence-corrected chi connectivity index (χ3v) is 7.02. The number of nitrogens with one attached hydrogen (secondary N) is 1. The number of carbonyl (C=O) groups excluding carboxylic acids is 3. The smallest absolute Gasteiger partial charge is 0.404 e. The van der Waals surface area contributed by atoms with Crippen molar-refractivity contribution >= 4 is 47.0 Å². The molecule has 0 spiro atoms. The molecular formula is C17H19N3O7S2. The van der Waals surface area contributed by atoms with Crippen molar-refractivity contribution in [2.45, 2.75) is 29.7 Å². The Bertz CT molecular complexity index is 899. The van der Waals surface area contributed by atoms with Crippen LogP contribution in [-0.4, -0.2) is 63.9 Å². The largest absolute Gasteiger partial charge is 0.477 e. The SMILES string of the molecule is CO[C@]1(NC(=O)Cc2sccc2C)C(=O)N2C(C(=O)O)=CC(COC(N)=O)S[C@H]21. The van der Waals surface area contributed by atoms with E-state index in [2.05, 4.69) is 5.32 Å². The van der Waals surface area contributed by atoms with Gasteiger partial charge < -0.3 is 25.6 Å². The molecule has 29 heavy (non-hydrogen) atoms. The van der Waals surface area contributed by atoms with E-state index in [1.165, 1.54) is 24.5 Å². The lowest BCUT2D eigenvalue weighted by Gasteiger charge is -2.56. The Kier molecular flexibility index (Phi) is 5.87. The molecule has 3 amide bonds. The molecule has 156 valence electrons. The number of carboxylic acid groups (broad SMARTS) is 1. The average Bonchev–Trinajstić information content (AvgIpc) is 3.07. The maximum absolute atomic E-state index is 12.8. The van der Waals surface area contributed by atoms with Crippen LogP contribution in [0.25, 0.3) is 0 Å². The molecule has 0 saturated carbocycles. The predicted octanol–water partition coefficient (Wildman–Crippen LogP) is 0.405. The summed E-state index contributed by atoms with van der Waals surface area (Å²) < 4.78 is 10.1. The summed E-state index contributed by atoms with van der Waals surface area (Å²) in [6.07, 6.45) is 0.371. The first-order valence-corrected chi connectivity index (χ1v) is 10.3. The van der Waals surface area contributed by atoms with Gasteiger partial charge in [0, 0.05) is 12.0 Å². The number of fused-ring (bicyclic) bond motifs is 1. The van der Waals surface area contributed by atoms with Crippen molar-refractivity contribution in [2.75, 3.05) is 13.7 Å². The Hall–Kier alpha value is -2.57. The van der Waals surface area contributed by atoms with Crippen molar-refractivity contribution in [2.24, 2.45) is 5.73 Å². The highest BCUT2D eigenvalue weighted by atomic mass is 32.2. The molecule has 12 heteroatoms. The molecular weight excluding hydrogens is 422 g/mol. The van der Waals surface area contributed by atoms with Crippen molar-refractivity contribution in [1.82, 2.24) is 10.2 Å². The summed E-state index contributed by atoms with van der Waals surface area (Å²) in [4.78, 5) is 49.8. The molecule has 1 fully saturated rings. The van der Waals surface area contributed by atoms with E-state index < -0.39 is 40.2 Å². The maximum Gasteiger partial charge on any atom is 0.404 e. The molecule has 10 nitrogen and oxygen atoms in total. The number of primary amides is 1. The summed E-state index contributed by atoms with van der Waals surface area (Å²) in [7, 11) is 1.26. The second-order valence-corrected chi connectivity index (χ2v) is 8.71. The summed E-state index contributed by atoms with van der Waals surface area (Å²) >= 11 is 2.55. The summed E-state index contributed by atoms with van der Waals surface area (Å²) in [5.74, 6) is -2.43. The monoisotopic (exact) mass is 441 g/mol. The van der Waals surface area contributed by atoms with Crippen molar-refractivity contribution in [3.05, 3.63) is 33.7 Å². The number of nitrogens with zero attached hydrogens (tertiary/aromatic N) is 1. The number of carboxylic acids is 1.